The van der Waals surface area contributed by atoms with E-state index in [1.54, 1.807) is 11.0 Å². The fraction of sp³-hybridized carbons (Fsp3) is 0.524. The number of fused-ring (bicyclic) bond motifs is 2. The molecule has 0 saturated carbocycles. The van der Waals surface area contributed by atoms with E-state index in [4.69, 9.17) is 14.6 Å². The Morgan fingerprint density at radius 2 is 1.79 bits per heavy atom. The molecule has 0 unspecified atom stereocenters. The van der Waals surface area contributed by atoms with Gasteiger partial charge < -0.3 is 14.4 Å². The molecular formula is C21H25F4N5O4. The Morgan fingerprint density at radius 3 is 2.35 bits per heavy atom. The highest BCUT2D eigenvalue weighted by Gasteiger charge is 2.45. The minimum atomic E-state index is -5.08. The second-order valence-corrected chi connectivity index (χ2v) is 8.22. The SMILES string of the molecule is COC(=O)N1Cc2nnc(C)n2C2(CCN(Cc3ccccc3F)CC2)C1.O=C(O)C(F)(F)F. The summed E-state index contributed by atoms with van der Waals surface area (Å²) in [7, 11) is 1.40. The lowest BCUT2D eigenvalue weighted by atomic mass is 9.84. The monoisotopic (exact) mass is 487 g/mol. The van der Waals surface area contributed by atoms with Crippen LogP contribution < -0.4 is 0 Å². The lowest BCUT2D eigenvalue weighted by Gasteiger charge is -2.48. The zero-order valence-corrected chi connectivity index (χ0v) is 18.7. The molecule has 2 aromatic rings. The number of aliphatic carboxylic acids is 1. The molecule has 2 aliphatic rings. The molecule has 0 atom stereocenters. The summed E-state index contributed by atoms with van der Waals surface area (Å²) in [6.07, 6.45) is -3.73. The van der Waals surface area contributed by atoms with Gasteiger partial charge in [-0.25, -0.2) is 14.0 Å². The summed E-state index contributed by atoms with van der Waals surface area (Å²) in [4.78, 5) is 25.0. The Kier molecular flexibility index (Phi) is 7.44. The number of hydrogen-bond acceptors (Lipinski definition) is 6. The first kappa shape index (κ1) is 25.4. The molecule has 4 rings (SSSR count). The summed E-state index contributed by atoms with van der Waals surface area (Å²) in [5.41, 5.74) is 0.482. The van der Waals surface area contributed by atoms with Crippen molar-refractivity contribution < 1.29 is 37.0 Å². The van der Waals surface area contributed by atoms with E-state index in [9.17, 15) is 22.4 Å². The first-order valence-corrected chi connectivity index (χ1v) is 10.5. The van der Waals surface area contributed by atoms with Gasteiger partial charge in [0.05, 0.1) is 19.2 Å². The number of hydrogen-bond donors (Lipinski definition) is 1. The van der Waals surface area contributed by atoms with Gasteiger partial charge in [0.1, 0.15) is 11.6 Å². The van der Waals surface area contributed by atoms with Crippen LogP contribution in [0.15, 0.2) is 24.3 Å². The Labute approximate surface area is 192 Å². The summed E-state index contributed by atoms with van der Waals surface area (Å²) in [6.45, 7) is 5.18. The minimum Gasteiger partial charge on any atom is -0.475 e. The Balaban J connectivity index is 0.000000406. The molecule has 1 aromatic carbocycles. The van der Waals surface area contributed by atoms with Crippen molar-refractivity contribution in [3.05, 3.63) is 47.3 Å². The van der Waals surface area contributed by atoms with E-state index in [0.717, 1.165) is 43.1 Å². The number of aromatic nitrogens is 3. The average molecular weight is 487 g/mol. The summed E-state index contributed by atoms with van der Waals surface area (Å²) < 4.78 is 52.8. The quantitative estimate of drug-likeness (QED) is 0.650. The van der Waals surface area contributed by atoms with E-state index >= 15 is 0 Å². The Bertz CT molecular complexity index is 1030. The second kappa shape index (κ2) is 9.95. The number of ether oxygens (including phenoxy) is 1. The van der Waals surface area contributed by atoms with Gasteiger partial charge in [-0.3, -0.25) is 9.80 Å². The second-order valence-electron chi connectivity index (χ2n) is 8.22. The summed E-state index contributed by atoms with van der Waals surface area (Å²) in [5, 5.41) is 15.6. The van der Waals surface area contributed by atoms with Crippen molar-refractivity contribution in [2.24, 2.45) is 0 Å². The molecule has 3 heterocycles. The molecule has 34 heavy (non-hydrogen) atoms. The van der Waals surface area contributed by atoms with E-state index in [0.29, 0.717) is 19.6 Å². The van der Waals surface area contributed by atoms with Gasteiger partial charge in [-0.2, -0.15) is 13.2 Å². The molecule has 13 heteroatoms. The number of carbonyl (C=O) groups excluding carboxylic acids is 1. The number of rotatable bonds is 2. The summed E-state index contributed by atoms with van der Waals surface area (Å²) >= 11 is 0. The van der Waals surface area contributed by atoms with Crippen molar-refractivity contribution in [1.29, 1.82) is 0 Å². The molecular weight excluding hydrogens is 462 g/mol. The van der Waals surface area contributed by atoms with Crippen molar-refractivity contribution in [2.75, 3.05) is 26.7 Å². The molecule has 0 radical (unpaired) electrons. The van der Waals surface area contributed by atoms with Crippen LogP contribution in [0.25, 0.3) is 0 Å². The molecule has 9 nitrogen and oxygen atoms in total. The first-order valence-electron chi connectivity index (χ1n) is 10.5. The number of methoxy groups -OCH3 is 1. The third kappa shape index (κ3) is 5.46. The lowest BCUT2D eigenvalue weighted by Crippen LogP contribution is -2.57. The van der Waals surface area contributed by atoms with E-state index in [-0.39, 0.29) is 17.4 Å². The number of amides is 1. The Hall–Kier alpha value is -3.22. The number of halogens is 4. The van der Waals surface area contributed by atoms with Gasteiger partial charge in [0.25, 0.3) is 0 Å². The molecule has 1 aromatic heterocycles. The smallest absolute Gasteiger partial charge is 0.475 e. The highest BCUT2D eigenvalue weighted by Crippen LogP contribution is 2.37. The minimum absolute atomic E-state index is 0.163. The number of aryl methyl sites for hydroxylation is 1. The fourth-order valence-electron chi connectivity index (χ4n) is 4.41. The van der Waals surface area contributed by atoms with Gasteiger partial charge in [0.2, 0.25) is 0 Å². The number of nitrogens with zero attached hydrogens (tertiary/aromatic N) is 5. The van der Waals surface area contributed by atoms with Crippen molar-refractivity contribution in [3.63, 3.8) is 0 Å². The molecule has 1 N–H and O–H groups in total. The molecule has 1 fully saturated rings. The van der Waals surface area contributed by atoms with Crippen LogP contribution in [0, 0.1) is 12.7 Å². The first-order chi connectivity index (χ1) is 16.0. The van der Waals surface area contributed by atoms with Crippen molar-refractivity contribution in [2.45, 2.75) is 44.6 Å². The Morgan fingerprint density at radius 1 is 1.18 bits per heavy atom. The zero-order valence-electron chi connectivity index (χ0n) is 18.7. The standard InChI is InChI=1S/C19H24FN5O2.C2HF3O2/c1-14-21-22-17-12-24(18(26)27-2)13-19(25(14)17)7-9-23(10-8-19)11-15-5-3-4-6-16(15)20;3-2(4,5)1(6)7/h3-6H,7-13H2,1-2H3;(H,6,7). The van der Waals surface area contributed by atoms with Crippen LogP contribution in [0.4, 0.5) is 22.4 Å². The highest BCUT2D eigenvalue weighted by atomic mass is 19.4. The molecule has 0 aliphatic carbocycles. The number of benzene rings is 1. The van der Waals surface area contributed by atoms with E-state index < -0.39 is 12.1 Å². The number of carboxylic acid groups (broad SMARTS) is 1. The number of piperidine rings is 1. The van der Waals surface area contributed by atoms with Crippen LogP contribution in [0.3, 0.4) is 0 Å². The van der Waals surface area contributed by atoms with Crippen molar-refractivity contribution in [1.82, 2.24) is 24.6 Å². The molecule has 1 amide bonds. The van der Waals surface area contributed by atoms with Gasteiger partial charge in [-0.05, 0) is 25.8 Å². The van der Waals surface area contributed by atoms with Crippen LogP contribution in [-0.2, 0) is 28.2 Å². The van der Waals surface area contributed by atoms with Gasteiger partial charge >= 0.3 is 18.2 Å². The number of alkyl halides is 3. The maximum absolute atomic E-state index is 14.0. The molecule has 1 spiro atoms. The largest absolute Gasteiger partial charge is 0.490 e. The molecule has 0 bridgehead atoms. The van der Waals surface area contributed by atoms with Crippen molar-refractivity contribution in [3.8, 4) is 0 Å². The molecule has 186 valence electrons. The van der Waals surface area contributed by atoms with Gasteiger partial charge in [-0.1, -0.05) is 18.2 Å². The lowest BCUT2D eigenvalue weighted by molar-refractivity contribution is -0.192. The summed E-state index contributed by atoms with van der Waals surface area (Å²) in [6, 6.07) is 6.92. The van der Waals surface area contributed by atoms with Crippen LogP contribution in [-0.4, -0.2) is 74.7 Å². The average Bonchev–Trinajstić information content (AvgIpc) is 3.17. The fourth-order valence-corrected chi connectivity index (χ4v) is 4.41. The van der Waals surface area contributed by atoms with Crippen LogP contribution >= 0.6 is 0 Å². The van der Waals surface area contributed by atoms with E-state index in [1.807, 2.05) is 19.1 Å². The van der Waals surface area contributed by atoms with Gasteiger partial charge in [0.15, 0.2) is 5.82 Å². The number of likely N-dealkylation sites (tertiary alicyclic amines) is 1. The van der Waals surface area contributed by atoms with Gasteiger partial charge in [-0.15, -0.1) is 10.2 Å². The topological polar surface area (TPSA) is 101 Å². The predicted octanol–water partition coefficient (Wildman–Crippen LogP) is 2.93. The normalized spacial score (nSPS) is 17.5. The van der Waals surface area contributed by atoms with Crippen LogP contribution in [0.1, 0.15) is 30.1 Å². The summed E-state index contributed by atoms with van der Waals surface area (Å²) in [5.74, 6) is -1.25. The number of carboxylic acids is 1. The third-order valence-electron chi connectivity index (χ3n) is 6.00. The van der Waals surface area contributed by atoms with E-state index in [1.165, 1.54) is 13.2 Å². The highest BCUT2D eigenvalue weighted by molar-refractivity contribution is 5.73. The number of carbonyl (C=O) groups is 2. The molecule has 1 saturated heterocycles. The third-order valence-corrected chi connectivity index (χ3v) is 6.00. The van der Waals surface area contributed by atoms with E-state index in [2.05, 4.69) is 19.7 Å². The van der Waals surface area contributed by atoms with Crippen molar-refractivity contribution >= 4 is 12.1 Å². The molecule has 2 aliphatic heterocycles. The van der Waals surface area contributed by atoms with Crippen LogP contribution in [0.2, 0.25) is 0 Å². The maximum Gasteiger partial charge on any atom is 0.490 e. The maximum atomic E-state index is 14.0. The zero-order chi connectivity index (χ0) is 25.1. The van der Waals surface area contributed by atoms with Crippen LogP contribution in [0.5, 0.6) is 0 Å². The predicted molar refractivity (Wildman–Crippen MR) is 110 cm³/mol. The van der Waals surface area contributed by atoms with Gasteiger partial charge in [0, 0.05) is 31.7 Å².